The summed E-state index contributed by atoms with van der Waals surface area (Å²) >= 11 is 0. The molecule has 168 valence electrons. The minimum Gasteiger partial charge on any atom is -0.320 e. The molecule has 0 fully saturated rings. The largest absolute Gasteiger partial charge is 0.320 e. The Morgan fingerprint density at radius 3 is 2.12 bits per heavy atom. The fraction of sp³-hybridized carbons (Fsp3) is 0.161. The Balaban J connectivity index is 1.64. The molecule has 3 nitrogen and oxygen atoms in total. The first kappa shape index (κ1) is 21.8. The van der Waals surface area contributed by atoms with E-state index >= 15 is 0 Å². The van der Waals surface area contributed by atoms with E-state index in [1.54, 1.807) is 0 Å². The molecule has 4 aromatic rings. The van der Waals surface area contributed by atoms with E-state index in [-0.39, 0.29) is 18.0 Å². The normalized spacial score (nSPS) is 17.8. The molecule has 2 heterocycles. The summed E-state index contributed by atoms with van der Waals surface area (Å²) < 4.78 is 0. The van der Waals surface area contributed by atoms with Gasteiger partial charge in [0, 0.05) is 23.0 Å². The summed E-state index contributed by atoms with van der Waals surface area (Å²) in [5.74, 6) is 0.0359. The van der Waals surface area contributed by atoms with Gasteiger partial charge in [0.05, 0.1) is 12.1 Å². The molecule has 5 rings (SSSR count). The van der Waals surface area contributed by atoms with E-state index in [2.05, 4.69) is 48.2 Å². The van der Waals surface area contributed by atoms with Gasteiger partial charge in [-0.25, -0.2) is 0 Å². The van der Waals surface area contributed by atoms with Gasteiger partial charge >= 0.3 is 0 Å². The van der Waals surface area contributed by atoms with E-state index in [4.69, 9.17) is 4.98 Å². The number of pyridine rings is 1. The lowest BCUT2D eigenvalue weighted by Crippen LogP contribution is -2.40. The van der Waals surface area contributed by atoms with Gasteiger partial charge in [-0.05, 0) is 55.2 Å². The van der Waals surface area contributed by atoms with Crippen molar-refractivity contribution >= 4 is 5.91 Å². The molecular formula is C31H28N2O. The van der Waals surface area contributed by atoms with Gasteiger partial charge in [-0.2, -0.15) is 0 Å². The molecule has 1 aliphatic rings. The van der Waals surface area contributed by atoms with Gasteiger partial charge < -0.3 is 4.90 Å². The Hall–Kier alpha value is -3.98. The maximum atomic E-state index is 14.0. The van der Waals surface area contributed by atoms with Crippen LogP contribution in [0.2, 0.25) is 0 Å². The highest BCUT2D eigenvalue weighted by Crippen LogP contribution is 2.43. The number of rotatable bonds is 4. The van der Waals surface area contributed by atoms with Gasteiger partial charge in [0.1, 0.15) is 0 Å². The second-order valence-electron chi connectivity index (χ2n) is 8.86. The SMILES string of the molecule is CC1=CC[C@H](c2cnc(C)c(-c3ccccc3)c2)N(C(=O)c2ccccc2)[C@H]1c1ccccc1. The van der Waals surface area contributed by atoms with E-state index in [1.807, 2.05) is 79.9 Å². The number of carbonyl (C=O) groups excluding carboxylic acids is 1. The molecule has 0 saturated heterocycles. The molecule has 0 saturated carbocycles. The Labute approximate surface area is 201 Å². The van der Waals surface area contributed by atoms with Crippen LogP contribution in [-0.2, 0) is 0 Å². The number of carbonyl (C=O) groups is 1. The molecule has 3 heteroatoms. The van der Waals surface area contributed by atoms with Crippen LogP contribution in [0.15, 0.2) is 115 Å². The average Bonchev–Trinajstić information content (AvgIpc) is 2.90. The van der Waals surface area contributed by atoms with Gasteiger partial charge in [0.25, 0.3) is 5.91 Å². The predicted molar refractivity (Wildman–Crippen MR) is 137 cm³/mol. The van der Waals surface area contributed by atoms with Crippen molar-refractivity contribution in [2.24, 2.45) is 0 Å². The lowest BCUT2D eigenvalue weighted by Gasteiger charge is -2.42. The number of aromatic nitrogens is 1. The van der Waals surface area contributed by atoms with Crippen molar-refractivity contribution in [3.8, 4) is 11.1 Å². The van der Waals surface area contributed by atoms with Gasteiger partial charge in [-0.1, -0.05) is 90.5 Å². The minimum absolute atomic E-state index is 0.0359. The second-order valence-corrected chi connectivity index (χ2v) is 8.86. The van der Waals surface area contributed by atoms with Crippen LogP contribution in [0.25, 0.3) is 11.1 Å². The molecule has 2 atom stereocenters. The Morgan fingerprint density at radius 1 is 0.824 bits per heavy atom. The summed E-state index contributed by atoms with van der Waals surface area (Å²) in [6.07, 6.45) is 4.97. The first-order valence-electron chi connectivity index (χ1n) is 11.7. The number of nitrogens with zero attached hydrogens (tertiary/aromatic N) is 2. The van der Waals surface area contributed by atoms with Crippen molar-refractivity contribution in [1.29, 1.82) is 0 Å². The molecule has 0 unspecified atom stereocenters. The number of hydrogen-bond donors (Lipinski definition) is 0. The summed E-state index contributed by atoms with van der Waals surface area (Å²) in [4.78, 5) is 20.8. The molecule has 1 aromatic heterocycles. The molecule has 34 heavy (non-hydrogen) atoms. The van der Waals surface area contributed by atoms with Crippen LogP contribution in [0.4, 0.5) is 0 Å². The molecule has 0 aliphatic carbocycles. The van der Waals surface area contributed by atoms with Crippen molar-refractivity contribution in [2.75, 3.05) is 0 Å². The molecule has 1 aliphatic heterocycles. The van der Waals surface area contributed by atoms with Gasteiger partial charge in [-0.15, -0.1) is 0 Å². The average molecular weight is 445 g/mol. The Bertz CT molecular complexity index is 1310. The maximum Gasteiger partial charge on any atom is 0.255 e. The second kappa shape index (κ2) is 9.48. The summed E-state index contributed by atoms with van der Waals surface area (Å²) in [5.41, 5.74) is 7.29. The van der Waals surface area contributed by atoms with Crippen molar-refractivity contribution in [3.05, 3.63) is 137 Å². The van der Waals surface area contributed by atoms with E-state index in [0.29, 0.717) is 5.56 Å². The third-order valence-electron chi connectivity index (χ3n) is 6.66. The van der Waals surface area contributed by atoms with E-state index in [0.717, 1.165) is 34.4 Å². The molecule has 0 N–H and O–H groups in total. The Kier molecular flexibility index (Phi) is 6.09. The molecule has 1 amide bonds. The standard InChI is InChI=1S/C31H28N2O/c1-22-18-19-29(27-20-28(23(2)32-21-27)24-12-6-3-7-13-24)33(30(22)25-14-8-4-9-15-25)31(34)26-16-10-5-11-17-26/h3-18,20-21,29-30H,19H2,1-2H3/t29-,30-/m1/s1. The number of aryl methyl sites for hydroxylation is 1. The van der Waals surface area contributed by atoms with Crippen LogP contribution < -0.4 is 0 Å². The molecule has 0 spiro atoms. The maximum absolute atomic E-state index is 14.0. The van der Waals surface area contributed by atoms with Crippen LogP contribution >= 0.6 is 0 Å². The fourth-order valence-corrected chi connectivity index (χ4v) is 4.91. The number of amides is 1. The van der Waals surface area contributed by atoms with Crippen LogP contribution in [0.5, 0.6) is 0 Å². The summed E-state index contributed by atoms with van der Waals surface area (Å²) in [6, 6.07) is 32.2. The van der Waals surface area contributed by atoms with Crippen LogP contribution in [0, 0.1) is 6.92 Å². The first-order valence-corrected chi connectivity index (χ1v) is 11.7. The zero-order valence-corrected chi connectivity index (χ0v) is 19.6. The molecule has 3 aromatic carbocycles. The van der Waals surface area contributed by atoms with Crippen molar-refractivity contribution in [1.82, 2.24) is 9.88 Å². The monoisotopic (exact) mass is 444 g/mol. The highest BCUT2D eigenvalue weighted by atomic mass is 16.2. The number of benzene rings is 3. The third kappa shape index (κ3) is 4.17. The minimum atomic E-state index is -0.130. The third-order valence-corrected chi connectivity index (χ3v) is 6.66. The first-order chi connectivity index (χ1) is 16.6. The van der Waals surface area contributed by atoms with Crippen LogP contribution in [0.3, 0.4) is 0 Å². The van der Waals surface area contributed by atoms with Gasteiger partial charge in [0.15, 0.2) is 0 Å². The van der Waals surface area contributed by atoms with E-state index in [1.165, 1.54) is 5.57 Å². The summed E-state index contributed by atoms with van der Waals surface area (Å²) in [5, 5.41) is 0. The highest BCUT2D eigenvalue weighted by molar-refractivity contribution is 5.95. The molecule has 0 radical (unpaired) electrons. The Morgan fingerprint density at radius 2 is 1.44 bits per heavy atom. The number of hydrogen-bond acceptors (Lipinski definition) is 2. The highest BCUT2D eigenvalue weighted by Gasteiger charge is 2.37. The topological polar surface area (TPSA) is 33.2 Å². The lowest BCUT2D eigenvalue weighted by atomic mass is 9.86. The van der Waals surface area contributed by atoms with Crippen LogP contribution in [-0.4, -0.2) is 15.8 Å². The van der Waals surface area contributed by atoms with Gasteiger partial charge in [0.2, 0.25) is 0 Å². The van der Waals surface area contributed by atoms with E-state index < -0.39 is 0 Å². The summed E-state index contributed by atoms with van der Waals surface area (Å²) in [7, 11) is 0. The predicted octanol–water partition coefficient (Wildman–Crippen LogP) is 7.33. The summed E-state index contributed by atoms with van der Waals surface area (Å²) in [6.45, 7) is 4.17. The zero-order chi connectivity index (χ0) is 23.5. The van der Waals surface area contributed by atoms with Crippen molar-refractivity contribution < 1.29 is 4.79 Å². The van der Waals surface area contributed by atoms with E-state index in [9.17, 15) is 4.79 Å². The molecular weight excluding hydrogens is 416 g/mol. The smallest absolute Gasteiger partial charge is 0.255 e. The quantitative estimate of drug-likeness (QED) is 0.309. The van der Waals surface area contributed by atoms with Crippen molar-refractivity contribution in [3.63, 3.8) is 0 Å². The van der Waals surface area contributed by atoms with Crippen molar-refractivity contribution in [2.45, 2.75) is 32.4 Å². The lowest BCUT2D eigenvalue weighted by molar-refractivity contribution is 0.0582. The van der Waals surface area contributed by atoms with Crippen LogP contribution in [0.1, 0.15) is 52.6 Å². The van der Waals surface area contributed by atoms with Gasteiger partial charge in [-0.3, -0.25) is 9.78 Å². The fourth-order valence-electron chi connectivity index (χ4n) is 4.91. The zero-order valence-electron chi connectivity index (χ0n) is 19.6. The molecule has 0 bridgehead atoms.